The van der Waals surface area contributed by atoms with Crippen molar-refractivity contribution in [3.8, 4) is 0 Å². The molecule has 0 radical (unpaired) electrons. The number of hydrogen-bond acceptors (Lipinski definition) is 4. The summed E-state index contributed by atoms with van der Waals surface area (Å²) in [6.45, 7) is 2.23. The minimum absolute atomic E-state index is 0. The SMILES string of the molecule is COCC(N)C(=O)N(C)CCC1CCCCN1C.Cl.Cl. The van der Waals surface area contributed by atoms with Gasteiger partial charge in [-0.1, -0.05) is 6.42 Å². The van der Waals surface area contributed by atoms with Gasteiger partial charge in [0.25, 0.3) is 0 Å². The van der Waals surface area contributed by atoms with Crippen molar-refractivity contribution in [2.24, 2.45) is 5.73 Å². The predicted molar refractivity (Wildman–Crippen MR) is 86.9 cm³/mol. The molecule has 1 rings (SSSR count). The van der Waals surface area contributed by atoms with Crippen LogP contribution in [0.3, 0.4) is 0 Å². The maximum Gasteiger partial charge on any atom is 0.241 e. The fourth-order valence-corrected chi connectivity index (χ4v) is 2.50. The molecule has 7 heteroatoms. The third kappa shape index (κ3) is 7.09. The topological polar surface area (TPSA) is 58.8 Å². The fraction of sp³-hybridized carbons (Fsp3) is 0.923. The quantitative estimate of drug-likeness (QED) is 0.793. The molecule has 0 spiro atoms. The van der Waals surface area contributed by atoms with Crippen molar-refractivity contribution < 1.29 is 9.53 Å². The highest BCUT2D eigenvalue weighted by Crippen LogP contribution is 2.17. The monoisotopic (exact) mass is 329 g/mol. The summed E-state index contributed by atoms with van der Waals surface area (Å²) >= 11 is 0. The van der Waals surface area contributed by atoms with Crippen molar-refractivity contribution in [3.63, 3.8) is 0 Å². The van der Waals surface area contributed by atoms with Crippen LogP contribution in [0.2, 0.25) is 0 Å². The van der Waals surface area contributed by atoms with E-state index in [9.17, 15) is 4.79 Å². The van der Waals surface area contributed by atoms with Crippen LogP contribution < -0.4 is 5.73 Å². The lowest BCUT2D eigenvalue weighted by Crippen LogP contribution is -2.46. The normalized spacial score (nSPS) is 20.5. The molecular formula is C13H29Cl2N3O2. The zero-order valence-corrected chi connectivity index (χ0v) is 14.3. The first-order valence-electron chi connectivity index (χ1n) is 6.76. The van der Waals surface area contributed by atoms with Crippen LogP contribution in [0, 0.1) is 0 Å². The Labute approximate surface area is 135 Å². The first-order valence-corrected chi connectivity index (χ1v) is 6.76. The molecule has 0 bridgehead atoms. The Hall–Kier alpha value is -0.0700. The number of halogens is 2. The number of likely N-dealkylation sites (N-methyl/N-ethyl adjacent to an activating group) is 1. The van der Waals surface area contributed by atoms with Crippen LogP contribution >= 0.6 is 24.8 Å². The van der Waals surface area contributed by atoms with E-state index in [0.29, 0.717) is 6.04 Å². The molecule has 1 saturated heterocycles. The lowest BCUT2D eigenvalue weighted by atomic mass is 10.00. The highest BCUT2D eigenvalue weighted by molar-refractivity contribution is 5.85. The van der Waals surface area contributed by atoms with E-state index in [0.717, 1.165) is 13.0 Å². The number of likely N-dealkylation sites (tertiary alicyclic amines) is 1. The minimum atomic E-state index is -0.538. The van der Waals surface area contributed by atoms with Crippen LogP contribution in [0.25, 0.3) is 0 Å². The number of ether oxygens (including phenoxy) is 1. The van der Waals surface area contributed by atoms with Gasteiger partial charge in [0.2, 0.25) is 5.91 Å². The first-order chi connectivity index (χ1) is 8.56. The smallest absolute Gasteiger partial charge is 0.241 e. The largest absolute Gasteiger partial charge is 0.383 e. The predicted octanol–water partition coefficient (Wildman–Crippen LogP) is 1.14. The van der Waals surface area contributed by atoms with Gasteiger partial charge >= 0.3 is 0 Å². The Morgan fingerprint density at radius 3 is 2.65 bits per heavy atom. The molecule has 1 fully saturated rings. The van der Waals surface area contributed by atoms with Gasteiger partial charge in [0.15, 0.2) is 0 Å². The molecule has 2 N–H and O–H groups in total. The Balaban J connectivity index is 0. The molecule has 2 atom stereocenters. The molecule has 5 nitrogen and oxygen atoms in total. The van der Waals surface area contributed by atoms with Crippen molar-refractivity contribution in [2.45, 2.75) is 37.8 Å². The van der Waals surface area contributed by atoms with Crippen molar-refractivity contribution in [1.29, 1.82) is 0 Å². The molecule has 1 amide bonds. The van der Waals surface area contributed by atoms with E-state index < -0.39 is 6.04 Å². The average molecular weight is 330 g/mol. The van der Waals surface area contributed by atoms with Crippen molar-refractivity contribution >= 4 is 30.7 Å². The average Bonchev–Trinajstić information content (AvgIpc) is 2.36. The Bertz CT molecular complexity index is 270. The lowest BCUT2D eigenvalue weighted by molar-refractivity contribution is -0.132. The molecule has 1 aliphatic heterocycles. The van der Waals surface area contributed by atoms with E-state index in [1.165, 1.54) is 25.8 Å². The third-order valence-electron chi connectivity index (χ3n) is 3.76. The number of methoxy groups -OCH3 is 1. The van der Waals surface area contributed by atoms with Gasteiger partial charge in [0, 0.05) is 26.7 Å². The molecule has 20 heavy (non-hydrogen) atoms. The summed E-state index contributed by atoms with van der Waals surface area (Å²) in [6.07, 6.45) is 4.86. The van der Waals surface area contributed by atoms with Gasteiger partial charge in [-0.05, 0) is 32.9 Å². The van der Waals surface area contributed by atoms with Crippen LogP contribution in [0.1, 0.15) is 25.7 Å². The van der Waals surface area contributed by atoms with Crippen LogP contribution in [-0.2, 0) is 9.53 Å². The summed E-state index contributed by atoms with van der Waals surface area (Å²) in [5.41, 5.74) is 5.74. The zero-order chi connectivity index (χ0) is 13.5. The molecule has 1 heterocycles. The summed E-state index contributed by atoms with van der Waals surface area (Å²) in [6, 6.07) is 0.0664. The second kappa shape index (κ2) is 11.6. The summed E-state index contributed by atoms with van der Waals surface area (Å²) in [7, 11) is 5.55. The Kier molecular flexibility index (Phi) is 12.9. The van der Waals surface area contributed by atoms with Gasteiger partial charge in [-0.3, -0.25) is 4.79 Å². The number of carbonyl (C=O) groups is 1. The standard InChI is InChI=1S/C13H27N3O2.2ClH/c1-15-8-5-4-6-11(15)7-9-16(2)13(17)12(14)10-18-3;;/h11-12H,4-10,14H2,1-3H3;2*1H. The summed E-state index contributed by atoms with van der Waals surface area (Å²) in [5, 5.41) is 0. The maximum absolute atomic E-state index is 11.9. The number of piperidine rings is 1. The van der Waals surface area contributed by atoms with Gasteiger partial charge in [-0.25, -0.2) is 0 Å². The summed E-state index contributed by atoms with van der Waals surface area (Å²) in [4.78, 5) is 16.0. The van der Waals surface area contributed by atoms with Gasteiger partial charge in [-0.2, -0.15) is 0 Å². The highest BCUT2D eigenvalue weighted by atomic mass is 35.5. The van der Waals surface area contributed by atoms with Crippen molar-refractivity contribution in [3.05, 3.63) is 0 Å². The molecule has 2 unspecified atom stereocenters. The molecule has 0 saturated carbocycles. The minimum Gasteiger partial charge on any atom is -0.383 e. The van der Waals surface area contributed by atoms with Crippen molar-refractivity contribution in [1.82, 2.24) is 9.80 Å². The second-order valence-electron chi connectivity index (χ2n) is 5.24. The number of amides is 1. The molecule has 0 aliphatic carbocycles. The Morgan fingerprint density at radius 1 is 1.45 bits per heavy atom. The number of rotatable bonds is 6. The van der Waals surface area contributed by atoms with E-state index >= 15 is 0 Å². The number of nitrogens with zero attached hydrogens (tertiary/aromatic N) is 2. The second-order valence-corrected chi connectivity index (χ2v) is 5.24. The molecule has 1 aliphatic rings. The zero-order valence-electron chi connectivity index (χ0n) is 12.7. The van der Waals surface area contributed by atoms with E-state index in [1.54, 1.807) is 12.0 Å². The van der Waals surface area contributed by atoms with E-state index in [2.05, 4.69) is 11.9 Å². The van der Waals surface area contributed by atoms with Crippen LogP contribution in [-0.4, -0.2) is 68.7 Å². The molecule has 0 aromatic carbocycles. The first kappa shape index (κ1) is 22.2. The maximum atomic E-state index is 11.9. The Morgan fingerprint density at radius 2 is 2.10 bits per heavy atom. The fourth-order valence-electron chi connectivity index (χ4n) is 2.50. The third-order valence-corrected chi connectivity index (χ3v) is 3.76. The van der Waals surface area contributed by atoms with Gasteiger partial charge in [0.05, 0.1) is 6.61 Å². The number of nitrogens with two attached hydrogens (primary N) is 1. The molecular weight excluding hydrogens is 301 g/mol. The van der Waals surface area contributed by atoms with Gasteiger partial charge in [0.1, 0.15) is 6.04 Å². The summed E-state index contributed by atoms with van der Waals surface area (Å²) in [5.74, 6) is -0.0321. The van der Waals surface area contributed by atoms with Gasteiger partial charge in [-0.15, -0.1) is 24.8 Å². The van der Waals surface area contributed by atoms with E-state index in [4.69, 9.17) is 10.5 Å². The number of carbonyl (C=O) groups excluding carboxylic acids is 1. The van der Waals surface area contributed by atoms with E-state index in [1.807, 2.05) is 7.05 Å². The highest BCUT2D eigenvalue weighted by Gasteiger charge is 2.22. The van der Waals surface area contributed by atoms with Crippen LogP contribution in [0.5, 0.6) is 0 Å². The number of hydrogen-bond donors (Lipinski definition) is 1. The van der Waals surface area contributed by atoms with E-state index in [-0.39, 0.29) is 37.3 Å². The molecule has 122 valence electrons. The summed E-state index contributed by atoms with van der Waals surface area (Å²) < 4.78 is 4.91. The lowest BCUT2D eigenvalue weighted by Gasteiger charge is -2.33. The van der Waals surface area contributed by atoms with Gasteiger partial charge < -0.3 is 20.3 Å². The van der Waals surface area contributed by atoms with Crippen LogP contribution in [0.4, 0.5) is 0 Å². The molecule has 0 aromatic heterocycles. The molecule has 0 aromatic rings. The van der Waals surface area contributed by atoms with Crippen LogP contribution in [0.15, 0.2) is 0 Å². The van der Waals surface area contributed by atoms with Crippen molar-refractivity contribution in [2.75, 3.05) is 40.9 Å².